The fourth-order valence-electron chi connectivity index (χ4n) is 4.26. The Morgan fingerprint density at radius 1 is 1.25 bits per heavy atom. The second-order valence-electron chi connectivity index (χ2n) is 7.66. The van der Waals surface area contributed by atoms with Crippen molar-refractivity contribution in [1.82, 2.24) is 9.80 Å². The number of hydrogen-bond donors (Lipinski definition) is 0. The average Bonchev–Trinajstić information content (AvgIpc) is 3.42. The van der Waals surface area contributed by atoms with Gasteiger partial charge in [0.15, 0.2) is 0 Å². The van der Waals surface area contributed by atoms with Gasteiger partial charge in [0.2, 0.25) is 5.91 Å². The maximum Gasteiger partial charge on any atom is 0.250 e. The van der Waals surface area contributed by atoms with Crippen molar-refractivity contribution < 1.29 is 4.79 Å². The van der Waals surface area contributed by atoms with Gasteiger partial charge in [0.05, 0.1) is 0 Å². The summed E-state index contributed by atoms with van der Waals surface area (Å²) < 4.78 is 0. The highest BCUT2D eigenvalue weighted by atomic mass is 16.2. The molecule has 24 heavy (non-hydrogen) atoms. The van der Waals surface area contributed by atoms with Crippen LogP contribution in [0.1, 0.15) is 36.8 Å². The van der Waals surface area contributed by atoms with Gasteiger partial charge in [-0.05, 0) is 56.7 Å². The van der Waals surface area contributed by atoms with Gasteiger partial charge in [-0.2, -0.15) is 0 Å². The van der Waals surface area contributed by atoms with Gasteiger partial charge in [0, 0.05) is 37.2 Å². The highest BCUT2D eigenvalue weighted by Crippen LogP contribution is 2.33. The summed E-state index contributed by atoms with van der Waals surface area (Å²) >= 11 is 0. The van der Waals surface area contributed by atoms with E-state index in [0.717, 1.165) is 31.6 Å². The number of amides is 1. The standard InChI is InChI=1S/C21H28N2O/c1-16-5-2-3-6-17(16)10-14-23(19-8-9-19)21(24)20-11-13-22-12-4-7-18(20)15-22/h2-3,5-6,11,18-19H,4,7-10,12-15H2,1H3. The third kappa shape index (κ3) is 3.27. The van der Waals surface area contributed by atoms with E-state index >= 15 is 0 Å². The number of hydrogen-bond acceptors (Lipinski definition) is 2. The van der Waals surface area contributed by atoms with Crippen LogP contribution < -0.4 is 0 Å². The van der Waals surface area contributed by atoms with Gasteiger partial charge >= 0.3 is 0 Å². The van der Waals surface area contributed by atoms with Crippen molar-refractivity contribution in [3.05, 3.63) is 47.0 Å². The first-order chi connectivity index (χ1) is 11.7. The van der Waals surface area contributed by atoms with Gasteiger partial charge in [-0.25, -0.2) is 0 Å². The van der Waals surface area contributed by atoms with E-state index in [1.54, 1.807) is 0 Å². The third-order valence-corrected chi connectivity index (χ3v) is 5.89. The lowest BCUT2D eigenvalue weighted by atomic mass is 9.86. The van der Waals surface area contributed by atoms with Crippen molar-refractivity contribution in [2.45, 2.75) is 45.1 Å². The number of rotatable bonds is 5. The molecule has 1 saturated carbocycles. The van der Waals surface area contributed by atoms with E-state index in [1.807, 2.05) is 0 Å². The second-order valence-corrected chi connectivity index (χ2v) is 7.66. The number of carbonyl (C=O) groups is 1. The molecule has 2 atom stereocenters. The summed E-state index contributed by atoms with van der Waals surface area (Å²) in [5, 5.41) is 0. The van der Waals surface area contributed by atoms with Crippen molar-refractivity contribution in [2.75, 3.05) is 26.2 Å². The first-order valence-corrected chi connectivity index (χ1v) is 9.50. The lowest BCUT2D eigenvalue weighted by Gasteiger charge is -2.38. The summed E-state index contributed by atoms with van der Waals surface area (Å²) in [5.74, 6) is 0.803. The molecule has 0 aromatic heterocycles. The minimum Gasteiger partial charge on any atom is -0.336 e. The molecule has 2 fully saturated rings. The largest absolute Gasteiger partial charge is 0.336 e. The van der Waals surface area contributed by atoms with Crippen LogP contribution in [-0.4, -0.2) is 47.9 Å². The highest BCUT2D eigenvalue weighted by molar-refractivity contribution is 5.94. The third-order valence-electron chi connectivity index (χ3n) is 5.89. The SMILES string of the molecule is Cc1ccccc1CCN(C(=O)C1=CCN2CCCC1C2)C1CC1. The molecular weight excluding hydrogens is 296 g/mol. The first-order valence-electron chi connectivity index (χ1n) is 9.50. The summed E-state index contributed by atoms with van der Waals surface area (Å²) in [6.07, 6.45) is 7.98. The predicted octanol–water partition coefficient (Wildman–Crippen LogP) is 3.18. The Morgan fingerprint density at radius 3 is 2.88 bits per heavy atom. The van der Waals surface area contributed by atoms with Crippen LogP contribution >= 0.6 is 0 Å². The highest BCUT2D eigenvalue weighted by Gasteiger charge is 2.37. The Balaban J connectivity index is 1.47. The lowest BCUT2D eigenvalue weighted by Crippen LogP contribution is -2.45. The van der Waals surface area contributed by atoms with Gasteiger partial charge in [-0.3, -0.25) is 9.69 Å². The zero-order chi connectivity index (χ0) is 16.5. The summed E-state index contributed by atoms with van der Waals surface area (Å²) in [6, 6.07) is 9.04. The molecule has 128 valence electrons. The molecule has 4 rings (SSSR count). The molecule has 3 heteroatoms. The predicted molar refractivity (Wildman–Crippen MR) is 96.9 cm³/mol. The van der Waals surface area contributed by atoms with E-state index in [-0.39, 0.29) is 0 Å². The van der Waals surface area contributed by atoms with Crippen molar-refractivity contribution in [3.8, 4) is 0 Å². The molecule has 0 radical (unpaired) electrons. The Kier molecular flexibility index (Phi) is 4.45. The van der Waals surface area contributed by atoms with E-state index in [1.165, 1.54) is 43.4 Å². The topological polar surface area (TPSA) is 23.6 Å². The van der Waals surface area contributed by atoms with Crippen molar-refractivity contribution >= 4 is 5.91 Å². The van der Waals surface area contributed by atoms with Crippen molar-refractivity contribution in [3.63, 3.8) is 0 Å². The average molecular weight is 324 g/mol. The van der Waals surface area contributed by atoms with Crippen LogP contribution in [0, 0.1) is 12.8 Å². The molecule has 1 saturated heterocycles. The second kappa shape index (κ2) is 6.72. The molecule has 1 aliphatic carbocycles. The van der Waals surface area contributed by atoms with Crippen LogP contribution in [0.3, 0.4) is 0 Å². The van der Waals surface area contributed by atoms with Gasteiger partial charge in [0.1, 0.15) is 0 Å². The zero-order valence-electron chi connectivity index (χ0n) is 14.7. The van der Waals surface area contributed by atoms with E-state index in [4.69, 9.17) is 0 Å². The quantitative estimate of drug-likeness (QED) is 0.830. The number of nitrogens with zero attached hydrogens (tertiary/aromatic N) is 2. The summed E-state index contributed by atoms with van der Waals surface area (Å²) in [5.41, 5.74) is 3.82. The Labute approximate surface area is 145 Å². The van der Waals surface area contributed by atoms with Gasteiger partial charge in [0.25, 0.3) is 0 Å². The van der Waals surface area contributed by atoms with Crippen molar-refractivity contribution in [2.24, 2.45) is 5.92 Å². The molecule has 0 spiro atoms. The first kappa shape index (κ1) is 15.9. The van der Waals surface area contributed by atoms with Crippen molar-refractivity contribution in [1.29, 1.82) is 0 Å². The summed E-state index contributed by atoms with van der Waals surface area (Å²) in [7, 11) is 0. The molecule has 1 amide bonds. The molecular formula is C21H28N2O. The molecule has 2 bridgehead atoms. The number of piperidine rings is 1. The molecule has 3 aliphatic rings. The van der Waals surface area contributed by atoms with Crippen LogP contribution in [0.5, 0.6) is 0 Å². The molecule has 1 aromatic carbocycles. The molecule has 3 nitrogen and oxygen atoms in total. The lowest BCUT2D eigenvalue weighted by molar-refractivity contribution is -0.128. The normalized spacial score (nSPS) is 26.0. The fraction of sp³-hybridized carbons (Fsp3) is 0.571. The molecule has 2 aliphatic heterocycles. The summed E-state index contributed by atoms with van der Waals surface area (Å²) in [4.78, 5) is 17.9. The van der Waals surface area contributed by atoms with Gasteiger partial charge in [-0.15, -0.1) is 0 Å². The minimum absolute atomic E-state index is 0.331. The molecule has 2 heterocycles. The Hall–Kier alpha value is -1.61. The Morgan fingerprint density at radius 2 is 2.08 bits per heavy atom. The van der Waals surface area contributed by atoms with Gasteiger partial charge in [-0.1, -0.05) is 30.3 Å². The van der Waals surface area contributed by atoms with Crippen LogP contribution in [0.4, 0.5) is 0 Å². The molecule has 1 aromatic rings. The van der Waals surface area contributed by atoms with Crippen LogP contribution in [0.2, 0.25) is 0 Å². The monoisotopic (exact) mass is 324 g/mol. The number of benzene rings is 1. The Bertz CT molecular complexity index is 647. The van der Waals surface area contributed by atoms with E-state index in [9.17, 15) is 4.79 Å². The summed E-state index contributed by atoms with van der Waals surface area (Å²) in [6.45, 7) is 6.29. The minimum atomic E-state index is 0.331. The smallest absolute Gasteiger partial charge is 0.250 e. The molecule has 2 unspecified atom stereocenters. The molecule has 0 N–H and O–H groups in total. The zero-order valence-corrected chi connectivity index (χ0v) is 14.7. The number of fused-ring (bicyclic) bond motifs is 2. The maximum absolute atomic E-state index is 13.2. The van der Waals surface area contributed by atoms with E-state index < -0.39 is 0 Å². The number of carbonyl (C=O) groups excluding carboxylic acids is 1. The number of aryl methyl sites for hydroxylation is 1. The van der Waals surface area contributed by atoms with E-state index in [0.29, 0.717) is 17.9 Å². The van der Waals surface area contributed by atoms with Gasteiger partial charge < -0.3 is 4.90 Å². The maximum atomic E-state index is 13.2. The van der Waals surface area contributed by atoms with Crippen LogP contribution in [0.15, 0.2) is 35.9 Å². The van der Waals surface area contributed by atoms with Crippen LogP contribution in [-0.2, 0) is 11.2 Å². The van der Waals surface area contributed by atoms with E-state index in [2.05, 4.69) is 47.1 Å². The fourth-order valence-corrected chi connectivity index (χ4v) is 4.26. The van der Waals surface area contributed by atoms with Crippen LogP contribution in [0.25, 0.3) is 0 Å².